The number of carbonyl (C=O) groups is 1. The van der Waals surface area contributed by atoms with Crippen LogP contribution in [0.15, 0.2) is 42.5 Å². The molecule has 2 atom stereocenters. The van der Waals surface area contributed by atoms with Gasteiger partial charge in [0.25, 0.3) is 5.91 Å². The van der Waals surface area contributed by atoms with E-state index in [0.717, 1.165) is 34.4 Å². The van der Waals surface area contributed by atoms with Crippen molar-refractivity contribution in [2.75, 3.05) is 19.5 Å². The number of nitrogens with one attached hydrogen (secondary N) is 2. The Labute approximate surface area is 160 Å². The molecule has 8 heteroatoms. The fourth-order valence-electron chi connectivity index (χ4n) is 2.48. The largest absolute Gasteiger partial charge is 0.497 e. The van der Waals surface area contributed by atoms with Crippen LogP contribution in [0.25, 0.3) is 0 Å². The number of methoxy groups -OCH3 is 1. The lowest BCUT2D eigenvalue weighted by Crippen LogP contribution is -3.12. The number of likely N-dealkylation sites (N-methyl/N-ethyl adjacent to an activating group) is 1. The molecule has 4 nitrogen and oxygen atoms in total. The molecule has 0 saturated carbocycles. The Morgan fingerprint density at radius 1 is 1.22 bits per heavy atom. The zero-order chi connectivity index (χ0) is 20.2. The molecule has 0 spiro atoms. The van der Waals surface area contributed by atoms with Crippen molar-refractivity contribution in [2.24, 2.45) is 0 Å². The fraction of sp³-hybridized carbons (Fsp3) is 0.316. The molecule has 0 aliphatic carbocycles. The molecule has 146 valence electrons. The highest BCUT2D eigenvalue weighted by Crippen LogP contribution is 2.33. The summed E-state index contributed by atoms with van der Waals surface area (Å²) in [5, 5.41) is 2.55. The van der Waals surface area contributed by atoms with Gasteiger partial charge < -0.3 is 15.0 Å². The zero-order valence-corrected chi connectivity index (χ0v) is 15.9. The van der Waals surface area contributed by atoms with Gasteiger partial charge >= 0.3 is 6.18 Å². The van der Waals surface area contributed by atoms with Gasteiger partial charge in [0.1, 0.15) is 12.3 Å². The van der Waals surface area contributed by atoms with Crippen molar-refractivity contribution < 1.29 is 27.6 Å². The number of alkyl halides is 3. The van der Waals surface area contributed by atoms with Gasteiger partial charge in [0, 0.05) is 5.56 Å². The first-order valence-corrected chi connectivity index (χ1v) is 8.62. The molecule has 2 aromatic rings. The monoisotopic (exact) mass is 401 g/mol. The van der Waals surface area contributed by atoms with E-state index in [1.807, 2.05) is 31.3 Å². The summed E-state index contributed by atoms with van der Waals surface area (Å²) in [6, 6.07) is 9.80. The van der Waals surface area contributed by atoms with Crippen LogP contribution >= 0.6 is 11.6 Å². The number of ether oxygens (including phenoxy) is 1. The van der Waals surface area contributed by atoms with Crippen LogP contribution < -0.4 is 15.0 Å². The average Bonchev–Trinajstić information content (AvgIpc) is 2.62. The van der Waals surface area contributed by atoms with Gasteiger partial charge in [-0.05, 0) is 49.4 Å². The van der Waals surface area contributed by atoms with E-state index >= 15 is 0 Å². The normalized spacial score (nSPS) is 13.7. The number of quaternary nitrogens is 1. The molecular formula is C19H21ClF3N2O2+. The maximum absolute atomic E-state index is 12.9. The standard InChI is InChI=1S/C19H20ClF3N2O2/c1-12(25(2)11-13-4-7-15(27-3)8-5-13)18(26)24-17-10-14(19(21,22)23)6-9-16(17)20/h4-10,12H,11H2,1-3H3,(H,24,26)/p+1/t12-/m0/s1. The number of amides is 1. The minimum Gasteiger partial charge on any atom is -0.497 e. The summed E-state index contributed by atoms with van der Waals surface area (Å²) in [7, 11) is 3.42. The number of hydrogen-bond acceptors (Lipinski definition) is 2. The third-order valence-corrected chi connectivity index (χ3v) is 4.66. The summed E-state index contributed by atoms with van der Waals surface area (Å²) in [4.78, 5) is 13.3. The van der Waals surface area contributed by atoms with Gasteiger partial charge in [0.2, 0.25) is 0 Å². The van der Waals surface area contributed by atoms with E-state index in [-0.39, 0.29) is 10.7 Å². The first kappa shape index (κ1) is 21.1. The minimum atomic E-state index is -4.51. The zero-order valence-electron chi connectivity index (χ0n) is 15.2. The number of rotatable bonds is 6. The summed E-state index contributed by atoms with van der Waals surface area (Å²) in [5.41, 5.74) is 0.0828. The van der Waals surface area contributed by atoms with Gasteiger partial charge in [-0.15, -0.1) is 0 Å². The number of carbonyl (C=O) groups excluding carboxylic acids is 1. The Hall–Kier alpha value is -2.25. The fourth-order valence-corrected chi connectivity index (χ4v) is 2.65. The van der Waals surface area contributed by atoms with Gasteiger partial charge in [0.15, 0.2) is 6.04 Å². The topological polar surface area (TPSA) is 42.8 Å². The predicted molar refractivity (Wildman–Crippen MR) is 98.1 cm³/mol. The molecule has 0 heterocycles. The molecule has 27 heavy (non-hydrogen) atoms. The highest BCUT2D eigenvalue weighted by molar-refractivity contribution is 6.33. The van der Waals surface area contributed by atoms with E-state index in [4.69, 9.17) is 16.3 Å². The number of anilines is 1. The van der Waals surface area contributed by atoms with Crippen LogP contribution in [0.2, 0.25) is 5.02 Å². The number of halogens is 4. The van der Waals surface area contributed by atoms with Crippen molar-refractivity contribution >= 4 is 23.2 Å². The lowest BCUT2D eigenvalue weighted by Gasteiger charge is -2.22. The molecule has 0 aliphatic heterocycles. The molecule has 2 N–H and O–H groups in total. The van der Waals surface area contributed by atoms with Crippen LogP contribution in [0.1, 0.15) is 18.1 Å². The Kier molecular flexibility index (Phi) is 6.73. The van der Waals surface area contributed by atoms with Crippen molar-refractivity contribution in [3.8, 4) is 5.75 Å². The van der Waals surface area contributed by atoms with E-state index in [9.17, 15) is 18.0 Å². The lowest BCUT2D eigenvalue weighted by molar-refractivity contribution is -0.907. The molecule has 2 rings (SSSR count). The Bertz CT molecular complexity index is 795. The van der Waals surface area contributed by atoms with Crippen molar-refractivity contribution in [3.05, 3.63) is 58.6 Å². The summed E-state index contributed by atoms with van der Waals surface area (Å²) in [6.45, 7) is 2.27. The molecule has 0 radical (unpaired) electrons. The first-order valence-electron chi connectivity index (χ1n) is 8.24. The Morgan fingerprint density at radius 3 is 2.41 bits per heavy atom. The van der Waals surface area contributed by atoms with Crippen molar-refractivity contribution in [1.82, 2.24) is 0 Å². The molecule has 2 aromatic carbocycles. The molecule has 0 aromatic heterocycles. The van der Waals surface area contributed by atoms with Gasteiger partial charge in [0.05, 0.1) is 30.4 Å². The van der Waals surface area contributed by atoms with Gasteiger partial charge in [-0.1, -0.05) is 11.6 Å². The minimum absolute atomic E-state index is 0.0522. The second-order valence-electron chi connectivity index (χ2n) is 6.27. The van der Waals surface area contributed by atoms with E-state index in [2.05, 4.69) is 5.32 Å². The van der Waals surface area contributed by atoms with E-state index in [1.165, 1.54) is 0 Å². The number of hydrogen-bond donors (Lipinski definition) is 2. The Morgan fingerprint density at radius 2 is 1.85 bits per heavy atom. The molecule has 1 amide bonds. The van der Waals surface area contributed by atoms with E-state index < -0.39 is 23.7 Å². The van der Waals surface area contributed by atoms with Crippen LogP contribution in [0.3, 0.4) is 0 Å². The van der Waals surface area contributed by atoms with Crippen LogP contribution in [-0.4, -0.2) is 26.1 Å². The molecule has 0 aliphatic rings. The smallest absolute Gasteiger partial charge is 0.416 e. The van der Waals surface area contributed by atoms with Gasteiger partial charge in [-0.25, -0.2) is 0 Å². The summed E-state index contributed by atoms with van der Waals surface area (Å²) >= 11 is 5.93. The van der Waals surface area contributed by atoms with Crippen LogP contribution in [0.4, 0.5) is 18.9 Å². The highest BCUT2D eigenvalue weighted by Gasteiger charge is 2.31. The van der Waals surface area contributed by atoms with Crippen LogP contribution in [-0.2, 0) is 17.5 Å². The second-order valence-corrected chi connectivity index (χ2v) is 6.68. The molecular weight excluding hydrogens is 381 g/mol. The Balaban J connectivity index is 2.06. The first-order chi connectivity index (χ1) is 12.6. The number of benzene rings is 2. The highest BCUT2D eigenvalue weighted by atomic mass is 35.5. The van der Waals surface area contributed by atoms with Crippen molar-refractivity contribution in [3.63, 3.8) is 0 Å². The summed E-state index contributed by atoms with van der Waals surface area (Å²) < 4.78 is 43.7. The third-order valence-electron chi connectivity index (χ3n) is 4.33. The predicted octanol–water partition coefficient (Wildman–Crippen LogP) is 3.41. The third kappa shape index (κ3) is 5.61. The lowest BCUT2D eigenvalue weighted by atomic mass is 10.1. The van der Waals surface area contributed by atoms with Crippen LogP contribution in [0.5, 0.6) is 5.75 Å². The maximum Gasteiger partial charge on any atom is 0.416 e. The van der Waals surface area contributed by atoms with E-state index in [1.54, 1.807) is 14.0 Å². The van der Waals surface area contributed by atoms with Crippen molar-refractivity contribution in [1.29, 1.82) is 0 Å². The molecule has 0 saturated heterocycles. The van der Waals surface area contributed by atoms with E-state index in [0.29, 0.717) is 6.54 Å². The molecule has 0 fully saturated rings. The maximum atomic E-state index is 12.9. The summed E-state index contributed by atoms with van der Waals surface area (Å²) in [5.74, 6) is 0.323. The molecule has 1 unspecified atom stereocenters. The van der Waals surface area contributed by atoms with Gasteiger partial charge in [-0.3, -0.25) is 4.79 Å². The van der Waals surface area contributed by atoms with Crippen LogP contribution in [0, 0.1) is 0 Å². The van der Waals surface area contributed by atoms with Crippen molar-refractivity contribution in [2.45, 2.75) is 25.7 Å². The molecule has 0 bridgehead atoms. The second kappa shape index (κ2) is 8.63. The average molecular weight is 402 g/mol. The summed E-state index contributed by atoms with van der Waals surface area (Å²) in [6.07, 6.45) is -4.51. The quantitative estimate of drug-likeness (QED) is 0.779. The van der Waals surface area contributed by atoms with Gasteiger partial charge in [-0.2, -0.15) is 13.2 Å². The SMILES string of the molecule is COc1ccc(C[NH+](C)[C@@H](C)C(=O)Nc2cc(C(F)(F)F)ccc2Cl)cc1.